The molecular weight excluding hydrogens is 196 g/mol. The van der Waals surface area contributed by atoms with E-state index in [1.807, 2.05) is 13.8 Å². The Labute approximate surface area is 90.9 Å². The van der Waals surface area contributed by atoms with Crippen molar-refractivity contribution in [3.8, 4) is 0 Å². The second kappa shape index (κ2) is 8.26. The van der Waals surface area contributed by atoms with Crippen molar-refractivity contribution in [2.24, 2.45) is 0 Å². The van der Waals surface area contributed by atoms with E-state index in [0.29, 0.717) is 13.0 Å². The third-order valence-corrected chi connectivity index (χ3v) is 1.94. The van der Waals surface area contributed by atoms with Crippen LogP contribution in [0.3, 0.4) is 0 Å². The van der Waals surface area contributed by atoms with Crippen molar-refractivity contribution in [1.29, 1.82) is 0 Å². The van der Waals surface area contributed by atoms with E-state index in [1.165, 1.54) is 6.92 Å². The summed E-state index contributed by atoms with van der Waals surface area (Å²) in [6.07, 6.45) is 2.30. The van der Waals surface area contributed by atoms with Gasteiger partial charge >= 0.3 is 11.9 Å². The molecule has 0 spiro atoms. The molecule has 4 heteroatoms. The lowest BCUT2D eigenvalue weighted by Gasteiger charge is -2.13. The zero-order valence-electron chi connectivity index (χ0n) is 9.75. The maximum absolute atomic E-state index is 11.3. The van der Waals surface area contributed by atoms with Gasteiger partial charge in [-0.25, -0.2) is 0 Å². The first kappa shape index (κ1) is 13.9. The van der Waals surface area contributed by atoms with Crippen LogP contribution in [-0.2, 0) is 19.1 Å². The number of rotatable bonds is 7. The molecule has 0 aliphatic heterocycles. The van der Waals surface area contributed by atoms with Crippen LogP contribution in [0.15, 0.2) is 0 Å². The fourth-order valence-electron chi connectivity index (χ4n) is 1.08. The van der Waals surface area contributed by atoms with Gasteiger partial charge in [-0.15, -0.1) is 0 Å². The minimum Gasteiger partial charge on any atom is -0.466 e. The van der Waals surface area contributed by atoms with E-state index in [2.05, 4.69) is 0 Å². The average molecular weight is 216 g/mol. The van der Waals surface area contributed by atoms with Gasteiger partial charge in [-0.3, -0.25) is 9.59 Å². The van der Waals surface area contributed by atoms with Crippen molar-refractivity contribution >= 4 is 11.9 Å². The molecule has 0 amide bonds. The molecule has 0 rings (SSSR count). The molecule has 4 nitrogen and oxygen atoms in total. The summed E-state index contributed by atoms with van der Waals surface area (Å²) in [6.45, 7) is 5.69. The largest absolute Gasteiger partial charge is 0.466 e. The summed E-state index contributed by atoms with van der Waals surface area (Å²) in [5, 5.41) is 0. The highest BCUT2D eigenvalue weighted by molar-refractivity contribution is 5.71. The summed E-state index contributed by atoms with van der Waals surface area (Å²) in [7, 11) is 0. The van der Waals surface area contributed by atoms with Crippen LogP contribution >= 0.6 is 0 Å². The van der Waals surface area contributed by atoms with E-state index in [9.17, 15) is 9.59 Å². The van der Waals surface area contributed by atoms with Crippen LogP contribution in [0.5, 0.6) is 0 Å². The van der Waals surface area contributed by atoms with Gasteiger partial charge in [0.05, 0.1) is 13.0 Å². The van der Waals surface area contributed by atoms with Crippen LogP contribution in [0.2, 0.25) is 0 Å². The molecule has 0 aromatic heterocycles. The van der Waals surface area contributed by atoms with E-state index in [1.54, 1.807) is 0 Å². The molecule has 0 saturated heterocycles. The standard InChI is InChI=1S/C11H20O4/c1-4-6-7-14-11(13)8-10(5-2)15-9(3)12/h10H,4-8H2,1-3H3. The van der Waals surface area contributed by atoms with Gasteiger partial charge in [0.2, 0.25) is 0 Å². The molecule has 15 heavy (non-hydrogen) atoms. The fraction of sp³-hybridized carbons (Fsp3) is 0.818. The Hall–Kier alpha value is -1.06. The minimum atomic E-state index is -0.358. The Morgan fingerprint density at radius 1 is 1.27 bits per heavy atom. The van der Waals surface area contributed by atoms with Crippen molar-refractivity contribution in [3.05, 3.63) is 0 Å². The first-order valence-corrected chi connectivity index (χ1v) is 5.43. The van der Waals surface area contributed by atoms with E-state index >= 15 is 0 Å². The summed E-state index contributed by atoms with van der Waals surface area (Å²) in [5.74, 6) is -0.653. The van der Waals surface area contributed by atoms with Crippen LogP contribution in [0.1, 0.15) is 46.5 Å². The average Bonchev–Trinajstić information content (AvgIpc) is 2.16. The molecule has 0 heterocycles. The number of carbonyl (C=O) groups excluding carboxylic acids is 2. The molecule has 0 N–H and O–H groups in total. The Morgan fingerprint density at radius 2 is 1.93 bits per heavy atom. The molecule has 0 aliphatic carbocycles. The molecule has 0 bridgehead atoms. The summed E-state index contributed by atoms with van der Waals surface area (Å²) >= 11 is 0. The van der Waals surface area contributed by atoms with Crippen molar-refractivity contribution < 1.29 is 19.1 Å². The van der Waals surface area contributed by atoms with Gasteiger partial charge in [0.25, 0.3) is 0 Å². The minimum absolute atomic E-state index is 0.153. The molecule has 0 aromatic rings. The Bertz CT molecular complexity index is 201. The Balaban J connectivity index is 3.75. The zero-order valence-corrected chi connectivity index (χ0v) is 9.75. The van der Waals surface area contributed by atoms with Gasteiger partial charge in [0.1, 0.15) is 6.10 Å². The second-order valence-electron chi connectivity index (χ2n) is 3.42. The van der Waals surface area contributed by atoms with Crippen LogP contribution in [0.4, 0.5) is 0 Å². The topological polar surface area (TPSA) is 52.6 Å². The highest BCUT2D eigenvalue weighted by atomic mass is 16.6. The van der Waals surface area contributed by atoms with Gasteiger partial charge in [-0.2, -0.15) is 0 Å². The quantitative estimate of drug-likeness (QED) is 0.483. The molecule has 0 fully saturated rings. The van der Waals surface area contributed by atoms with E-state index in [0.717, 1.165) is 12.8 Å². The van der Waals surface area contributed by atoms with Gasteiger partial charge in [0, 0.05) is 6.92 Å². The molecule has 88 valence electrons. The number of esters is 2. The lowest BCUT2D eigenvalue weighted by Crippen LogP contribution is -2.21. The van der Waals surface area contributed by atoms with Gasteiger partial charge < -0.3 is 9.47 Å². The molecule has 1 unspecified atom stereocenters. The Kier molecular flexibility index (Phi) is 7.68. The maximum Gasteiger partial charge on any atom is 0.309 e. The summed E-state index contributed by atoms with van der Waals surface area (Å²) in [6, 6.07) is 0. The highest BCUT2D eigenvalue weighted by Crippen LogP contribution is 2.05. The molecule has 0 saturated carbocycles. The van der Waals surface area contributed by atoms with Crippen LogP contribution < -0.4 is 0 Å². The third-order valence-electron chi connectivity index (χ3n) is 1.94. The van der Waals surface area contributed by atoms with E-state index in [4.69, 9.17) is 9.47 Å². The smallest absolute Gasteiger partial charge is 0.309 e. The number of ether oxygens (including phenoxy) is 2. The summed E-state index contributed by atoms with van der Waals surface area (Å²) < 4.78 is 9.90. The Morgan fingerprint density at radius 3 is 2.40 bits per heavy atom. The predicted octanol–water partition coefficient (Wildman–Crippen LogP) is 2.06. The van der Waals surface area contributed by atoms with Crippen molar-refractivity contribution in [2.75, 3.05) is 6.61 Å². The van der Waals surface area contributed by atoms with Gasteiger partial charge in [0.15, 0.2) is 0 Å². The molecule has 0 aliphatic rings. The van der Waals surface area contributed by atoms with Crippen LogP contribution in [-0.4, -0.2) is 24.6 Å². The van der Waals surface area contributed by atoms with Crippen molar-refractivity contribution in [1.82, 2.24) is 0 Å². The monoisotopic (exact) mass is 216 g/mol. The number of carbonyl (C=O) groups is 2. The van der Waals surface area contributed by atoms with E-state index < -0.39 is 0 Å². The third kappa shape index (κ3) is 7.97. The second-order valence-corrected chi connectivity index (χ2v) is 3.42. The van der Waals surface area contributed by atoms with Gasteiger partial charge in [-0.1, -0.05) is 20.3 Å². The van der Waals surface area contributed by atoms with Gasteiger partial charge in [-0.05, 0) is 12.8 Å². The zero-order chi connectivity index (χ0) is 11.7. The lowest BCUT2D eigenvalue weighted by atomic mass is 10.2. The predicted molar refractivity (Wildman–Crippen MR) is 56.3 cm³/mol. The summed E-state index contributed by atoms with van der Waals surface area (Å²) in [5.41, 5.74) is 0. The van der Waals surface area contributed by atoms with Crippen molar-refractivity contribution in [2.45, 2.75) is 52.6 Å². The molecule has 0 radical (unpaired) electrons. The maximum atomic E-state index is 11.3. The molecular formula is C11H20O4. The molecule has 0 aromatic carbocycles. The van der Waals surface area contributed by atoms with Crippen molar-refractivity contribution in [3.63, 3.8) is 0 Å². The first-order valence-electron chi connectivity index (χ1n) is 5.43. The lowest BCUT2D eigenvalue weighted by molar-refractivity contribution is -0.153. The normalized spacial score (nSPS) is 11.9. The van der Waals surface area contributed by atoms with E-state index in [-0.39, 0.29) is 24.5 Å². The fourth-order valence-corrected chi connectivity index (χ4v) is 1.08. The first-order chi connectivity index (χ1) is 7.10. The molecule has 1 atom stereocenters. The number of hydrogen-bond acceptors (Lipinski definition) is 4. The van der Waals surface area contributed by atoms with Crippen LogP contribution in [0, 0.1) is 0 Å². The van der Waals surface area contributed by atoms with Crippen LogP contribution in [0.25, 0.3) is 0 Å². The number of unbranched alkanes of at least 4 members (excludes halogenated alkanes) is 1. The SMILES string of the molecule is CCCCOC(=O)CC(CC)OC(C)=O. The number of hydrogen-bond donors (Lipinski definition) is 0. The highest BCUT2D eigenvalue weighted by Gasteiger charge is 2.15. The summed E-state index contributed by atoms with van der Waals surface area (Å²) in [4.78, 5) is 21.9.